The second kappa shape index (κ2) is 10.6. The molecule has 2 aromatic heterocycles. The summed E-state index contributed by atoms with van der Waals surface area (Å²) >= 11 is 19.8. The fourth-order valence-corrected chi connectivity index (χ4v) is 6.38. The molecule has 1 unspecified atom stereocenters. The zero-order chi connectivity index (χ0) is 28.0. The lowest BCUT2D eigenvalue weighted by Gasteiger charge is -2.27. The number of amides is 1. The Hall–Kier alpha value is -3.26. The van der Waals surface area contributed by atoms with E-state index >= 15 is 0 Å². The van der Waals surface area contributed by atoms with Crippen molar-refractivity contribution in [2.45, 2.75) is 44.1 Å². The van der Waals surface area contributed by atoms with E-state index in [9.17, 15) is 4.79 Å². The van der Waals surface area contributed by atoms with E-state index in [1.54, 1.807) is 36.5 Å². The minimum absolute atomic E-state index is 0.207. The first-order chi connectivity index (χ1) is 19.2. The van der Waals surface area contributed by atoms with Crippen LogP contribution in [0.2, 0.25) is 15.1 Å². The Morgan fingerprint density at radius 2 is 1.90 bits per heavy atom. The molecule has 2 aliphatic rings. The average molecular weight is 598 g/mol. The van der Waals surface area contributed by atoms with Crippen LogP contribution in [0, 0.1) is 0 Å². The highest BCUT2D eigenvalue weighted by atomic mass is 35.5. The summed E-state index contributed by atoms with van der Waals surface area (Å²) in [5.74, 6) is 2.05. The summed E-state index contributed by atoms with van der Waals surface area (Å²) in [6.45, 7) is 3.92. The number of aromatic nitrogens is 2. The summed E-state index contributed by atoms with van der Waals surface area (Å²) < 4.78 is 12.0. The molecule has 0 radical (unpaired) electrons. The van der Waals surface area contributed by atoms with E-state index in [-0.39, 0.29) is 12.0 Å². The molecule has 2 N–H and O–H groups in total. The number of halogens is 3. The molecule has 0 bridgehead atoms. The number of hydrogen-bond acceptors (Lipinski definition) is 6. The predicted molar refractivity (Wildman–Crippen MR) is 157 cm³/mol. The highest BCUT2D eigenvalue weighted by molar-refractivity contribution is 6.39. The van der Waals surface area contributed by atoms with E-state index in [2.05, 4.69) is 22.0 Å². The van der Waals surface area contributed by atoms with Gasteiger partial charge < -0.3 is 19.9 Å². The van der Waals surface area contributed by atoms with E-state index in [1.807, 2.05) is 18.2 Å². The van der Waals surface area contributed by atoms with Crippen LogP contribution in [0.15, 0.2) is 59.3 Å². The lowest BCUT2D eigenvalue weighted by Crippen LogP contribution is -2.29. The van der Waals surface area contributed by atoms with Crippen LogP contribution in [0.4, 0.5) is 5.82 Å². The van der Waals surface area contributed by atoms with Gasteiger partial charge in [0.25, 0.3) is 0 Å². The summed E-state index contributed by atoms with van der Waals surface area (Å²) in [5.41, 5.74) is 8.82. The number of rotatable bonds is 8. The van der Waals surface area contributed by atoms with Gasteiger partial charge >= 0.3 is 0 Å². The van der Waals surface area contributed by atoms with Crippen LogP contribution in [0.25, 0.3) is 11.3 Å². The molecule has 2 aromatic carbocycles. The minimum Gasteiger partial charge on any atom is -0.489 e. The van der Waals surface area contributed by atoms with Crippen molar-refractivity contribution in [3.05, 3.63) is 92.2 Å². The zero-order valence-corrected chi connectivity index (χ0v) is 24.1. The van der Waals surface area contributed by atoms with Gasteiger partial charge in [0.2, 0.25) is 5.91 Å². The number of benzene rings is 2. The molecule has 1 atom stereocenters. The topological polar surface area (TPSA) is 94.5 Å². The van der Waals surface area contributed by atoms with Crippen LogP contribution in [0.5, 0.6) is 5.75 Å². The monoisotopic (exact) mass is 596 g/mol. The largest absolute Gasteiger partial charge is 0.489 e. The van der Waals surface area contributed by atoms with Gasteiger partial charge in [-0.1, -0.05) is 59.0 Å². The Kier molecular flexibility index (Phi) is 7.15. The Morgan fingerprint density at radius 1 is 1.12 bits per heavy atom. The second-order valence-electron chi connectivity index (χ2n) is 10.7. The van der Waals surface area contributed by atoms with Gasteiger partial charge in [-0.15, -0.1) is 0 Å². The van der Waals surface area contributed by atoms with Crippen LogP contribution < -0.4 is 15.4 Å². The third-order valence-corrected chi connectivity index (χ3v) is 8.71. The van der Waals surface area contributed by atoms with Crippen LogP contribution in [0.3, 0.4) is 0 Å². The summed E-state index contributed by atoms with van der Waals surface area (Å²) in [5, 5.41) is 5.98. The normalized spacial score (nSPS) is 18.8. The first-order valence-electron chi connectivity index (χ1n) is 13.1. The van der Waals surface area contributed by atoms with Crippen molar-refractivity contribution in [1.29, 1.82) is 0 Å². The van der Waals surface area contributed by atoms with Gasteiger partial charge in [0.1, 0.15) is 29.6 Å². The molecule has 1 amide bonds. The number of nitrogens with zero attached hydrogens (tertiary/aromatic N) is 3. The third-order valence-electron chi connectivity index (χ3n) is 7.77. The number of carbonyl (C=O) groups excluding carboxylic acids is 1. The van der Waals surface area contributed by atoms with Gasteiger partial charge in [-0.25, -0.2) is 4.98 Å². The molecule has 10 heteroatoms. The molecule has 206 valence electrons. The van der Waals surface area contributed by atoms with Crippen LogP contribution in [0.1, 0.15) is 59.3 Å². The molecule has 4 aromatic rings. The molecule has 3 heterocycles. The number of primary amides is 1. The van der Waals surface area contributed by atoms with Crippen molar-refractivity contribution in [3.8, 4) is 17.0 Å². The second-order valence-corrected chi connectivity index (χ2v) is 11.9. The Bertz CT molecular complexity index is 1580. The average Bonchev–Trinajstić information content (AvgIpc) is 3.57. The van der Waals surface area contributed by atoms with Gasteiger partial charge in [-0.3, -0.25) is 4.79 Å². The van der Waals surface area contributed by atoms with Crippen molar-refractivity contribution in [2.24, 2.45) is 5.73 Å². The van der Waals surface area contributed by atoms with E-state index in [1.165, 1.54) is 0 Å². The SMILES string of the molecule is CC1(c2ccc(OCc3c(-c4c(Cl)cccc4Cl)noc3C3CC3)cc2Cl)CCN(c2cc(C(N)=O)ccn2)C1. The number of ether oxygens (including phenoxy) is 1. The molecule has 1 saturated carbocycles. The number of pyridine rings is 1. The summed E-state index contributed by atoms with van der Waals surface area (Å²) in [6.07, 6.45) is 4.59. The highest BCUT2D eigenvalue weighted by Crippen LogP contribution is 2.46. The van der Waals surface area contributed by atoms with E-state index in [0.29, 0.717) is 50.1 Å². The van der Waals surface area contributed by atoms with Gasteiger partial charge in [-0.2, -0.15) is 0 Å². The smallest absolute Gasteiger partial charge is 0.248 e. The van der Waals surface area contributed by atoms with Crippen LogP contribution in [-0.4, -0.2) is 29.1 Å². The molecule has 1 aliphatic heterocycles. The van der Waals surface area contributed by atoms with Gasteiger partial charge in [0, 0.05) is 46.8 Å². The van der Waals surface area contributed by atoms with E-state index in [0.717, 1.165) is 48.5 Å². The van der Waals surface area contributed by atoms with Crippen LogP contribution >= 0.6 is 34.8 Å². The molecule has 1 saturated heterocycles. The molecular weight excluding hydrogens is 571 g/mol. The van der Waals surface area contributed by atoms with Crippen molar-refractivity contribution < 1.29 is 14.1 Å². The minimum atomic E-state index is -0.471. The number of carbonyl (C=O) groups is 1. The zero-order valence-electron chi connectivity index (χ0n) is 21.8. The quantitative estimate of drug-likeness (QED) is 0.227. The first-order valence-corrected chi connectivity index (χ1v) is 14.2. The Labute approximate surface area is 247 Å². The molecule has 7 nitrogen and oxygen atoms in total. The predicted octanol–water partition coefficient (Wildman–Crippen LogP) is 7.42. The number of anilines is 1. The standard InChI is InChI=1S/C30H27Cl3N4O3/c1-30(10-12-37(16-30)25-13-18(29(34)38)9-11-35-25)21-8-7-19(14-24(21)33)39-15-20-27(36-40-28(20)17-5-6-17)26-22(31)3-2-4-23(26)32/h2-4,7-9,11,13-14,17H,5-6,10,12,15-16H2,1H3,(H2,34,38). The van der Waals surface area contributed by atoms with Gasteiger partial charge in [0.05, 0.1) is 15.6 Å². The third kappa shape index (κ3) is 5.14. The summed E-state index contributed by atoms with van der Waals surface area (Å²) in [6, 6.07) is 14.5. The molecule has 2 fully saturated rings. The first kappa shape index (κ1) is 26.9. The maximum Gasteiger partial charge on any atom is 0.248 e. The van der Waals surface area contributed by atoms with Gasteiger partial charge in [-0.05, 0) is 61.2 Å². The Morgan fingerprint density at radius 3 is 2.60 bits per heavy atom. The lowest BCUT2D eigenvalue weighted by molar-refractivity contribution is 0.1000. The van der Waals surface area contributed by atoms with Crippen molar-refractivity contribution in [3.63, 3.8) is 0 Å². The number of nitrogens with two attached hydrogens (primary N) is 1. The van der Waals surface area contributed by atoms with Crippen molar-refractivity contribution in [2.75, 3.05) is 18.0 Å². The summed E-state index contributed by atoms with van der Waals surface area (Å²) in [4.78, 5) is 18.2. The van der Waals surface area contributed by atoms with E-state index in [4.69, 9.17) is 49.8 Å². The molecular formula is C30H27Cl3N4O3. The molecule has 1 aliphatic carbocycles. The summed E-state index contributed by atoms with van der Waals surface area (Å²) in [7, 11) is 0. The number of hydrogen-bond donors (Lipinski definition) is 1. The molecule has 6 rings (SSSR count). The fraction of sp³-hybridized carbons (Fsp3) is 0.300. The molecule has 40 heavy (non-hydrogen) atoms. The van der Waals surface area contributed by atoms with Crippen molar-refractivity contribution >= 4 is 46.5 Å². The van der Waals surface area contributed by atoms with Crippen molar-refractivity contribution in [1.82, 2.24) is 10.1 Å². The molecule has 0 spiro atoms. The Balaban J connectivity index is 1.21. The van der Waals surface area contributed by atoms with E-state index < -0.39 is 5.91 Å². The fourth-order valence-electron chi connectivity index (χ4n) is 5.40. The van der Waals surface area contributed by atoms with Crippen LogP contribution in [-0.2, 0) is 12.0 Å². The lowest BCUT2D eigenvalue weighted by atomic mass is 9.82. The maximum atomic E-state index is 11.6. The maximum absolute atomic E-state index is 11.6. The van der Waals surface area contributed by atoms with Gasteiger partial charge in [0.15, 0.2) is 0 Å². The highest BCUT2D eigenvalue weighted by Gasteiger charge is 2.38.